The number of hydrogen-bond donors (Lipinski definition) is 1. The molecule has 0 amide bonds. The minimum atomic E-state index is 0.655. The third kappa shape index (κ3) is 1.55. The number of para-hydroxylation sites is 1. The zero-order valence-electron chi connectivity index (χ0n) is 8.38. The lowest BCUT2D eigenvalue weighted by Crippen LogP contribution is -2.23. The molecule has 1 nitrogen and oxygen atoms in total. The molecule has 1 aliphatic rings. The van der Waals surface area contributed by atoms with E-state index in [1.807, 2.05) is 0 Å². The highest BCUT2D eigenvalue weighted by Gasteiger charge is 2.23. The van der Waals surface area contributed by atoms with Crippen molar-refractivity contribution >= 4 is 5.69 Å². The molecule has 0 spiro atoms. The highest BCUT2D eigenvalue weighted by Crippen LogP contribution is 2.29. The Morgan fingerprint density at radius 3 is 2.92 bits per heavy atom. The van der Waals surface area contributed by atoms with Crippen molar-refractivity contribution in [1.29, 1.82) is 0 Å². The average Bonchev–Trinajstić information content (AvgIpc) is 2.59. The Balaban J connectivity index is 2.14. The maximum atomic E-state index is 3.59. The first-order valence-electron chi connectivity index (χ1n) is 5.15. The van der Waals surface area contributed by atoms with Crippen molar-refractivity contribution in [3.63, 3.8) is 0 Å². The van der Waals surface area contributed by atoms with Gasteiger partial charge in [0.2, 0.25) is 0 Å². The molecule has 1 aromatic rings. The molecule has 1 aromatic carbocycles. The molecule has 2 atom stereocenters. The molecule has 0 saturated carbocycles. The molecule has 0 saturated heterocycles. The van der Waals surface area contributed by atoms with Crippen molar-refractivity contribution in [3.8, 4) is 0 Å². The van der Waals surface area contributed by atoms with Gasteiger partial charge in [0.05, 0.1) is 0 Å². The van der Waals surface area contributed by atoms with Crippen molar-refractivity contribution in [2.24, 2.45) is 5.92 Å². The Hall–Kier alpha value is -0.980. The summed E-state index contributed by atoms with van der Waals surface area (Å²) in [6, 6.07) is 9.29. The summed E-state index contributed by atoms with van der Waals surface area (Å²) in [6.07, 6.45) is 2.46. The molecule has 2 unspecified atom stereocenters. The lowest BCUT2D eigenvalue weighted by Gasteiger charge is -2.17. The van der Waals surface area contributed by atoms with Crippen LogP contribution in [0.5, 0.6) is 0 Å². The molecular formula is C12H17N. The number of anilines is 1. The van der Waals surface area contributed by atoms with Crippen LogP contribution in [0.4, 0.5) is 5.69 Å². The van der Waals surface area contributed by atoms with Crippen LogP contribution < -0.4 is 5.32 Å². The van der Waals surface area contributed by atoms with Crippen LogP contribution in [0.15, 0.2) is 24.3 Å². The predicted molar refractivity (Wildman–Crippen MR) is 57.0 cm³/mol. The van der Waals surface area contributed by atoms with Gasteiger partial charge in [0, 0.05) is 11.7 Å². The SMILES string of the molecule is CCC(C)C1Cc2ccccc2N1. The van der Waals surface area contributed by atoms with E-state index < -0.39 is 0 Å². The van der Waals surface area contributed by atoms with Crippen molar-refractivity contribution < 1.29 is 0 Å². The molecule has 13 heavy (non-hydrogen) atoms. The van der Waals surface area contributed by atoms with E-state index in [9.17, 15) is 0 Å². The van der Waals surface area contributed by atoms with Gasteiger partial charge in [-0.2, -0.15) is 0 Å². The Kier molecular flexibility index (Phi) is 2.26. The normalized spacial score (nSPS) is 22.2. The first-order valence-corrected chi connectivity index (χ1v) is 5.15. The summed E-state index contributed by atoms with van der Waals surface area (Å²) in [4.78, 5) is 0. The van der Waals surface area contributed by atoms with Crippen LogP contribution >= 0.6 is 0 Å². The molecule has 1 heteroatoms. The van der Waals surface area contributed by atoms with Gasteiger partial charge in [-0.3, -0.25) is 0 Å². The molecule has 0 aliphatic carbocycles. The monoisotopic (exact) mass is 175 g/mol. The molecule has 0 fully saturated rings. The van der Waals surface area contributed by atoms with E-state index in [0.29, 0.717) is 6.04 Å². The van der Waals surface area contributed by atoms with E-state index >= 15 is 0 Å². The van der Waals surface area contributed by atoms with Crippen LogP contribution in [0, 0.1) is 5.92 Å². The molecule has 1 heterocycles. The Bertz CT molecular complexity index is 268. The van der Waals surface area contributed by atoms with E-state index in [-0.39, 0.29) is 0 Å². The van der Waals surface area contributed by atoms with Crippen molar-refractivity contribution in [3.05, 3.63) is 29.8 Å². The van der Waals surface area contributed by atoms with Gasteiger partial charge in [0.25, 0.3) is 0 Å². The van der Waals surface area contributed by atoms with Crippen LogP contribution in [0.25, 0.3) is 0 Å². The van der Waals surface area contributed by atoms with Gasteiger partial charge in [-0.15, -0.1) is 0 Å². The van der Waals surface area contributed by atoms with Crippen molar-refractivity contribution in [2.75, 3.05) is 5.32 Å². The van der Waals surface area contributed by atoms with Gasteiger partial charge in [0.1, 0.15) is 0 Å². The minimum Gasteiger partial charge on any atom is -0.381 e. The fourth-order valence-electron chi connectivity index (χ4n) is 1.95. The van der Waals surface area contributed by atoms with Crippen LogP contribution in [0.2, 0.25) is 0 Å². The van der Waals surface area contributed by atoms with Crippen LogP contribution in [0.3, 0.4) is 0 Å². The van der Waals surface area contributed by atoms with Crippen molar-refractivity contribution in [2.45, 2.75) is 32.7 Å². The zero-order chi connectivity index (χ0) is 9.26. The quantitative estimate of drug-likeness (QED) is 0.728. The predicted octanol–water partition coefficient (Wildman–Crippen LogP) is 3.07. The Labute approximate surface area is 80.2 Å². The number of rotatable bonds is 2. The van der Waals surface area contributed by atoms with Gasteiger partial charge < -0.3 is 5.32 Å². The second kappa shape index (κ2) is 3.41. The topological polar surface area (TPSA) is 12.0 Å². The summed E-state index contributed by atoms with van der Waals surface area (Å²) in [5, 5.41) is 3.59. The van der Waals surface area contributed by atoms with E-state index in [4.69, 9.17) is 0 Å². The zero-order valence-corrected chi connectivity index (χ0v) is 8.38. The van der Waals surface area contributed by atoms with E-state index in [1.54, 1.807) is 0 Å². The smallest absolute Gasteiger partial charge is 0.0375 e. The highest BCUT2D eigenvalue weighted by molar-refractivity contribution is 5.56. The van der Waals surface area contributed by atoms with Gasteiger partial charge in [-0.25, -0.2) is 0 Å². The molecule has 70 valence electrons. The second-order valence-electron chi connectivity index (χ2n) is 4.00. The molecule has 0 radical (unpaired) electrons. The molecule has 0 bridgehead atoms. The first-order chi connectivity index (χ1) is 6.31. The fraction of sp³-hybridized carbons (Fsp3) is 0.500. The van der Waals surface area contributed by atoms with E-state index in [2.05, 4.69) is 43.4 Å². The summed E-state index contributed by atoms with van der Waals surface area (Å²) in [7, 11) is 0. The Morgan fingerprint density at radius 2 is 2.23 bits per heavy atom. The minimum absolute atomic E-state index is 0.655. The largest absolute Gasteiger partial charge is 0.381 e. The third-order valence-electron chi connectivity index (χ3n) is 3.13. The molecule has 2 rings (SSSR count). The number of fused-ring (bicyclic) bond motifs is 1. The lowest BCUT2D eigenvalue weighted by molar-refractivity contribution is 0.478. The number of nitrogens with one attached hydrogen (secondary N) is 1. The van der Waals surface area contributed by atoms with Gasteiger partial charge >= 0.3 is 0 Å². The maximum absolute atomic E-state index is 3.59. The van der Waals surface area contributed by atoms with Crippen molar-refractivity contribution in [1.82, 2.24) is 0 Å². The highest BCUT2D eigenvalue weighted by atomic mass is 15.0. The lowest BCUT2D eigenvalue weighted by atomic mass is 9.96. The summed E-state index contributed by atoms with van der Waals surface area (Å²) in [5.41, 5.74) is 2.82. The summed E-state index contributed by atoms with van der Waals surface area (Å²) in [6.45, 7) is 4.58. The molecular weight excluding hydrogens is 158 g/mol. The van der Waals surface area contributed by atoms with Crippen LogP contribution in [-0.4, -0.2) is 6.04 Å². The third-order valence-corrected chi connectivity index (χ3v) is 3.13. The number of hydrogen-bond acceptors (Lipinski definition) is 1. The molecule has 1 N–H and O–H groups in total. The first kappa shape index (κ1) is 8.61. The Morgan fingerprint density at radius 1 is 1.46 bits per heavy atom. The van der Waals surface area contributed by atoms with Gasteiger partial charge in [-0.05, 0) is 24.0 Å². The summed E-state index contributed by atoms with van der Waals surface area (Å²) in [5.74, 6) is 0.771. The average molecular weight is 175 g/mol. The number of benzene rings is 1. The van der Waals surface area contributed by atoms with Gasteiger partial charge in [-0.1, -0.05) is 38.5 Å². The van der Waals surface area contributed by atoms with Crippen LogP contribution in [0.1, 0.15) is 25.8 Å². The van der Waals surface area contributed by atoms with E-state index in [1.165, 1.54) is 24.1 Å². The van der Waals surface area contributed by atoms with Crippen LogP contribution in [-0.2, 0) is 6.42 Å². The fourth-order valence-corrected chi connectivity index (χ4v) is 1.95. The standard InChI is InChI=1S/C12H17N/c1-3-9(2)12-8-10-6-4-5-7-11(10)13-12/h4-7,9,12-13H,3,8H2,1-2H3. The summed E-state index contributed by atoms with van der Waals surface area (Å²) >= 11 is 0. The molecule has 0 aromatic heterocycles. The molecule has 1 aliphatic heterocycles. The second-order valence-corrected chi connectivity index (χ2v) is 4.00. The maximum Gasteiger partial charge on any atom is 0.0375 e. The van der Waals surface area contributed by atoms with Gasteiger partial charge in [0.15, 0.2) is 0 Å². The summed E-state index contributed by atoms with van der Waals surface area (Å²) < 4.78 is 0. The van der Waals surface area contributed by atoms with E-state index in [0.717, 1.165) is 5.92 Å².